The van der Waals surface area contributed by atoms with Crippen LogP contribution in [-0.4, -0.2) is 91.7 Å². The lowest BCUT2D eigenvalue weighted by Crippen LogP contribution is -2.78. The van der Waals surface area contributed by atoms with Crippen molar-refractivity contribution in [2.45, 2.75) is 43.4 Å². The number of guanidine groups is 2. The minimum absolute atomic E-state index is 0.0329. The van der Waals surface area contributed by atoms with Crippen molar-refractivity contribution >= 4 is 23.7 Å². The second-order valence-corrected chi connectivity index (χ2v) is 10.9. The predicted molar refractivity (Wildman–Crippen MR) is 158 cm³/mol. The normalized spacial score (nSPS) is 25.1. The molecule has 9 N–H and O–H groups in total. The quantitative estimate of drug-likeness (QED) is 0.175. The van der Waals surface area contributed by atoms with Gasteiger partial charge in [0.1, 0.15) is 12.1 Å². The fourth-order valence-corrected chi connectivity index (χ4v) is 6.11. The summed E-state index contributed by atoms with van der Waals surface area (Å²) in [4.78, 5) is 36.7. The molecule has 1 unspecified atom stereocenters. The zero-order chi connectivity index (χ0) is 30.5. The van der Waals surface area contributed by atoms with Crippen molar-refractivity contribution in [2.75, 3.05) is 13.1 Å². The van der Waals surface area contributed by atoms with Gasteiger partial charge in [0.2, 0.25) is 5.79 Å². The van der Waals surface area contributed by atoms with E-state index in [1.54, 1.807) is 31.2 Å². The van der Waals surface area contributed by atoms with Crippen LogP contribution in [0.1, 0.15) is 32.1 Å². The van der Waals surface area contributed by atoms with E-state index < -0.39 is 41.4 Å². The summed E-state index contributed by atoms with van der Waals surface area (Å²) in [5.41, 5.74) is 14.4. The lowest BCUT2D eigenvalue weighted by Gasteiger charge is -2.49. The first kappa shape index (κ1) is 28.1. The van der Waals surface area contributed by atoms with E-state index >= 15 is 0 Å². The summed E-state index contributed by atoms with van der Waals surface area (Å²) in [5.74, 6) is -3.70. The van der Waals surface area contributed by atoms with Crippen molar-refractivity contribution in [3.05, 3.63) is 83.2 Å². The van der Waals surface area contributed by atoms with Crippen LogP contribution in [0.3, 0.4) is 0 Å². The third-order valence-electron chi connectivity index (χ3n) is 8.27. The molecule has 0 aliphatic carbocycles. The molecule has 1 saturated heterocycles. The summed E-state index contributed by atoms with van der Waals surface area (Å²) in [5, 5.41) is 39.7. The predicted octanol–water partition coefficient (Wildman–Crippen LogP) is -1.03. The van der Waals surface area contributed by atoms with Crippen LogP contribution in [0.5, 0.6) is 0 Å². The largest absolute Gasteiger partial charge is 0.370 e. The molecular formula is C29H32N10O4. The molecule has 6 rings (SSSR count). The van der Waals surface area contributed by atoms with Gasteiger partial charge in [-0.2, -0.15) is 5.10 Å². The van der Waals surface area contributed by atoms with Crippen LogP contribution in [0.25, 0.3) is 11.1 Å². The Morgan fingerprint density at radius 3 is 2.49 bits per heavy atom. The Morgan fingerprint density at radius 1 is 1.00 bits per heavy atom. The zero-order valence-electron chi connectivity index (χ0n) is 23.5. The van der Waals surface area contributed by atoms with E-state index in [4.69, 9.17) is 11.5 Å². The summed E-state index contributed by atoms with van der Waals surface area (Å²) in [6.45, 7) is 3.43. The van der Waals surface area contributed by atoms with Crippen LogP contribution in [0.2, 0.25) is 0 Å². The molecule has 43 heavy (non-hydrogen) atoms. The van der Waals surface area contributed by atoms with E-state index in [9.17, 15) is 19.8 Å². The average molecular weight is 585 g/mol. The highest BCUT2D eigenvalue weighted by Gasteiger charge is 2.73. The zero-order valence-corrected chi connectivity index (χ0v) is 23.5. The average Bonchev–Trinajstić information content (AvgIpc) is 3.46. The number of carbonyl (C=O) groups excluding carboxylic acids is 2. The molecule has 222 valence electrons. The summed E-state index contributed by atoms with van der Waals surface area (Å²) in [6, 6.07) is 15.2. The number of hydrogen-bond donors (Lipinski definition) is 7. The van der Waals surface area contributed by atoms with Gasteiger partial charge in [-0.1, -0.05) is 42.5 Å². The van der Waals surface area contributed by atoms with E-state index in [-0.39, 0.29) is 30.7 Å². The Kier molecular flexibility index (Phi) is 6.74. The van der Waals surface area contributed by atoms with Gasteiger partial charge in [-0.25, -0.2) is 9.98 Å². The minimum Gasteiger partial charge on any atom is -0.370 e. The van der Waals surface area contributed by atoms with Crippen molar-refractivity contribution in [2.24, 2.45) is 21.5 Å². The third kappa shape index (κ3) is 4.51. The Balaban J connectivity index is 1.25. The molecule has 2 amide bonds. The highest BCUT2D eigenvalue weighted by molar-refractivity contribution is 5.98. The number of aliphatic imine (C=N–C) groups is 2. The van der Waals surface area contributed by atoms with Crippen molar-refractivity contribution < 1.29 is 19.8 Å². The fraction of sp³-hybridized carbons (Fsp3) is 0.310. The SMILES string of the molecule is Cc1ccc(C(=O)NC[C@@H]2N=C(N)N3CC(NC(=O)c4cccc(-c5ccccc5)c4C)C(O)(O)[C@@]34NC(N)=N[C@@H]24)nn1. The number of nitrogens with two attached hydrogens (primary N) is 2. The summed E-state index contributed by atoms with van der Waals surface area (Å²) >= 11 is 0. The third-order valence-corrected chi connectivity index (χ3v) is 8.27. The van der Waals surface area contributed by atoms with Crippen LogP contribution >= 0.6 is 0 Å². The van der Waals surface area contributed by atoms with Gasteiger partial charge in [0, 0.05) is 18.7 Å². The van der Waals surface area contributed by atoms with E-state index in [2.05, 4.69) is 36.1 Å². The maximum Gasteiger partial charge on any atom is 0.271 e. The number of amides is 2. The van der Waals surface area contributed by atoms with Gasteiger partial charge in [0.25, 0.3) is 11.8 Å². The van der Waals surface area contributed by atoms with Gasteiger partial charge in [-0.05, 0) is 48.7 Å². The van der Waals surface area contributed by atoms with Crippen LogP contribution in [0, 0.1) is 13.8 Å². The monoisotopic (exact) mass is 584 g/mol. The minimum atomic E-state index is -2.62. The molecule has 1 aromatic heterocycles. The Labute approximate surface area is 246 Å². The van der Waals surface area contributed by atoms with Gasteiger partial charge in [0.05, 0.1) is 11.7 Å². The fourth-order valence-electron chi connectivity index (χ4n) is 6.11. The number of nitrogens with zero attached hydrogens (tertiary/aromatic N) is 5. The second kappa shape index (κ2) is 10.3. The Bertz CT molecular complexity index is 1640. The molecule has 1 spiro atoms. The molecule has 0 radical (unpaired) electrons. The van der Waals surface area contributed by atoms with Gasteiger partial charge < -0.3 is 42.5 Å². The van der Waals surface area contributed by atoms with E-state index in [1.165, 1.54) is 4.90 Å². The molecule has 14 nitrogen and oxygen atoms in total. The number of hydrogen-bond acceptors (Lipinski definition) is 12. The highest BCUT2D eigenvalue weighted by Crippen LogP contribution is 2.44. The van der Waals surface area contributed by atoms with Crippen LogP contribution in [-0.2, 0) is 0 Å². The van der Waals surface area contributed by atoms with Crippen molar-refractivity contribution in [3.8, 4) is 11.1 Å². The van der Waals surface area contributed by atoms with Gasteiger partial charge in [0.15, 0.2) is 23.3 Å². The Morgan fingerprint density at radius 2 is 1.77 bits per heavy atom. The molecule has 1 fully saturated rings. The molecule has 4 heterocycles. The number of aryl methyl sites for hydroxylation is 1. The first-order chi connectivity index (χ1) is 20.5. The number of aromatic nitrogens is 2. The molecule has 3 aromatic rings. The topological polar surface area (TPSA) is 216 Å². The van der Waals surface area contributed by atoms with Crippen LogP contribution in [0.4, 0.5) is 0 Å². The van der Waals surface area contributed by atoms with Gasteiger partial charge in [-0.15, -0.1) is 5.10 Å². The standard InChI is InChI=1S/C29H32N10O4/c1-15-11-12-20(38-37-15)25(41)32-13-21-23-28(36-26(30)35-23)29(42,43)22(14-39(28)27(31)33-21)34-24(40)19-10-6-9-18(16(19)2)17-7-4-3-5-8-17/h3-12,21-23,42-43H,13-14H2,1-2H3,(H2,31,33)(H,32,41)(H,34,40)(H3,30,35,36)/t21-,22?,23-,28-/m0/s1. The van der Waals surface area contributed by atoms with Crippen LogP contribution in [0.15, 0.2) is 70.6 Å². The molecule has 3 aliphatic heterocycles. The molecule has 14 heteroatoms. The number of carbonyl (C=O) groups is 2. The first-order valence-electron chi connectivity index (χ1n) is 13.7. The number of benzene rings is 2. The molecule has 0 saturated carbocycles. The molecule has 4 atom stereocenters. The molecule has 2 aromatic carbocycles. The van der Waals surface area contributed by atoms with Crippen LogP contribution < -0.4 is 27.4 Å². The maximum atomic E-state index is 13.6. The summed E-state index contributed by atoms with van der Waals surface area (Å²) < 4.78 is 0. The highest BCUT2D eigenvalue weighted by atomic mass is 16.5. The number of nitrogens with one attached hydrogen (secondary N) is 3. The van der Waals surface area contributed by atoms with Crippen molar-refractivity contribution in [3.63, 3.8) is 0 Å². The molecular weight excluding hydrogens is 552 g/mol. The Hall–Kier alpha value is -5.08. The molecule has 3 aliphatic rings. The summed E-state index contributed by atoms with van der Waals surface area (Å²) in [6.07, 6.45) is 0. The van der Waals surface area contributed by atoms with E-state index in [0.717, 1.165) is 16.7 Å². The van der Waals surface area contributed by atoms with E-state index in [0.29, 0.717) is 11.3 Å². The lowest BCUT2D eigenvalue weighted by atomic mass is 9.85. The first-order valence-corrected chi connectivity index (χ1v) is 13.7. The molecule has 0 bridgehead atoms. The summed E-state index contributed by atoms with van der Waals surface area (Å²) in [7, 11) is 0. The smallest absolute Gasteiger partial charge is 0.271 e. The van der Waals surface area contributed by atoms with Crippen molar-refractivity contribution in [1.82, 2.24) is 31.0 Å². The lowest BCUT2D eigenvalue weighted by molar-refractivity contribution is -0.230. The van der Waals surface area contributed by atoms with E-state index in [1.807, 2.05) is 43.3 Å². The van der Waals surface area contributed by atoms with Gasteiger partial charge in [-0.3, -0.25) is 9.59 Å². The van der Waals surface area contributed by atoms with Gasteiger partial charge >= 0.3 is 0 Å². The number of rotatable bonds is 6. The number of aliphatic hydroxyl groups is 2. The van der Waals surface area contributed by atoms with Crippen molar-refractivity contribution in [1.29, 1.82) is 0 Å². The second-order valence-electron chi connectivity index (χ2n) is 10.9. The maximum absolute atomic E-state index is 13.6.